The smallest absolute Gasteiger partial charge is 0.325 e. The molecule has 4 rings (SSSR count). The molecule has 2 N–H and O–H groups in total. The van der Waals surface area contributed by atoms with Gasteiger partial charge in [-0.25, -0.2) is 9.97 Å². The standard InChI is InChI=1S/C43H54N4O5/c1-8-9-10-11-12-25-51-36-23-19-31(20-24-36)34-27-44-39(45-28-34)32-15-13-30(14-16-32)26-37(41(50)46-29-38(48)52-43(5,6)7)47-40(49)33-17-21-35(22-18-33)42(2,3)4/h13-24,27-28,37H,8-12,25-26,29H2,1-7H3,(H,46,50)(H,47,49). The van der Waals surface area contributed by atoms with Crippen molar-refractivity contribution in [3.63, 3.8) is 0 Å². The maximum Gasteiger partial charge on any atom is 0.325 e. The number of amides is 2. The van der Waals surface area contributed by atoms with Gasteiger partial charge in [-0.05, 0) is 73.6 Å². The maximum absolute atomic E-state index is 13.4. The SMILES string of the molecule is CCCCCCCOc1ccc(-c2cnc(-c3ccc(CC(NC(=O)c4ccc(C(C)(C)C)cc4)C(=O)NCC(=O)OC(C)(C)C)cc3)nc2)cc1. The van der Waals surface area contributed by atoms with Crippen LogP contribution in [0, 0.1) is 0 Å². The molecular formula is C43H54N4O5. The molecule has 0 bridgehead atoms. The molecule has 0 fully saturated rings. The molecule has 9 nitrogen and oxygen atoms in total. The van der Waals surface area contributed by atoms with Crippen LogP contribution in [0.1, 0.15) is 102 Å². The van der Waals surface area contributed by atoms with E-state index in [9.17, 15) is 14.4 Å². The highest BCUT2D eigenvalue weighted by Crippen LogP contribution is 2.25. The summed E-state index contributed by atoms with van der Waals surface area (Å²) in [4.78, 5) is 48.2. The highest BCUT2D eigenvalue weighted by Gasteiger charge is 2.24. The largest absolute Gasteiger partial charge is 0.494 e. The van der Waals surface area contributed by atoms with Crippen LogP contribution in [-0.2, 0) is 26.2 Å². The second-order valence-corrected chi connectivity index (χ2v) is 15.1. The zero-order valence-electron chi connectivity index (χ0n) is 31.8. The molecule has 0 spiro atoms. The van der Waals surface area contributed by atoms with Crippen molar-refractivity contribution in [1.29, 1.82) is 0 Å². The molecule has 4 aromatic rings. The topological polar surface area (TPSA) is 120 Å². The Morgan fingerprint density at radius 1 is 0.731 bits per heavy atom. The van der Waals surface area contributed by atoms with Gasteiger partial charge < -0.3 is 20.1 Å². The number of ether oxygens (including phenoxy) is 2. The Morgan fingerprint density at radius 3 is 1.94 bits per heavy atom. The molecule has 0 aliphatic carbocycles. The van der Waals surface area contributed by atoms with Crippen molar-refractivity contribution in [2.45, 2.75) is 104 Å². The first kappa shape index (κ1) is 39.7. The van der Waals surface area contributed by atoms with Crippen molar-refractivity contribution in [1.82, 2.24) is 20.6 Å². The average Bonchev–Trinajstić information content (AvgIpc) is 3.11. The second-order valence-electron chi connectivity index (χ2n) is 15.1. The lowest BCUT2D eigenvalue weighted by Gasteiger charge is -2.22. The van der Waals surface area contributed by atoms with Crippen LogP contribution in [0.15, 0.2) is 85.2 Å². The summed E-state index contributed by atoms with van der Waals surface area (Å²) < 4.78 is 11.2. The molecule has 0 radical (unpaired) electrons. The van der Waals surface area contributed by atoms with Crippen LogP contribution >= 0.6 is 0 Å². The fourth-order valence-corrected chi connectivity index (χ4v) is 5.52. The Bertz CT molecular complexity index is 1740. The van der Waals surface area contributed by atoms with E-state index in [1.165, 1.54) is 25.7 Å². The number of hydrogen-bond donors (Lipinski definition) is 2. The summed E-state index contributed by atoms with van der Waals surface area (Å²) in [6.45, 7) is 14.2. The number of aromatic nitrogens is 2. The molecule has 276 valence electrons. The van der Waals surface area contributed by atoms with Gasteiger partial charge >= 0.3 is 5.97 Å². The predicted molar refractivity (Wildman–Crippen MR) is 206 cm³/mol. The van der Waals surface area contributed by atoms with Crippen LogP contribution in [0.4, 0.5) is 0 Å². The Balaban J connectivity index is 1.40. The minimum absolute atomic E-state index is 0.0625. The van der Waals surface area contributed by atoms with Crippen molar-refractivity contribution < 1.29 is 23.9 Å². The second kappa shape index (κ2) is 18.4. The van der Waals surface area contributed by atoms with Gasteiger partial charge in [0, 0.05) is 35.5 Å². The average molecular weight is 707 g/mol. The Labute approximate surface area is 309 Å². The number of hydrogen-bond acceptors (Lipinski definition) is 7. The number of benzene rings is 3. The molecule has 0 saturated carbocycles. The van der Waals surface area contributed by atoms with Gasteiger partial charge in [-0.2, -0.15) is 0 Å². The van der Waals surface area contributed by atoms with E-state index in [4.69, 9.17) is 9.47 Å². The lowest BCUT2D eigenvalue weighted by atomic mass is 9.86. The number of esters is 1. The first-order valence-corrected chi connectivity index (χ1v) is 18.3. The molecule has 1 aromatic heterocycles. The zero-order valence-corrected chi connectivity index (χ0v) is 31.8. The third-order valence-corrected chi connectivity index (χ3v) is 8.47. The third kappa shape index (κ3) is 12.6. The first-order valence-electron chi connectivity index (χ1n) is 18.3. The number of carbonyl (C=O) groups is 3. The molecule has 3 aromatic carbocycles. The van der Waals surface area contributed by atoms with Crippen LogP contribution in [-0.4, -0.2) is 52.5 Å². The first-order chi connectivity index (χ1) is 24.7. The van der Waals surface area contributed by atoms with Crippen LogP contribution in [0.2, 0.25) is 0 Å². The molecule has 1 unspecified atom stereocenters. The summed E-state index contributed by atoms with van der Waals surface area (Å²) in [7, 11) is 0. The quantitative estimate of drug-likeness (QED) is 0.0890. The molecule has 2 amide bonds. The maximum atomic E-state index is 13.4. The minimum Gasteiger partial charge on any atom is -0.494 e. The van der Waals surface area contributed by atoms with E-state index >= 15 is 0 Å². The lowest BCUT2D eigenvalue weighted by molar-refractivity contribution is -0.154. The van der Waals surface area contributed by atoms with Crippen molar-refractivity contribution >= 4 is 17.8 Å². The van der Waals surface area contributed by atoms with Gasteiger partial charge in [-0.15, -0.1) is 0 Å². The molecule has 1 atom stereocenters. The number of unbranched alkanes of at least 4 members (excludes halogenated alkanes) is 4. The molecule has 52 heavy (non-hydrogen) atoms. The van der Waals surface area contributed by atoms with E-state index in [0.717, 1.165) is 46.6 Å². The van der Waals surface area contributed by atoms with Gasteiger partial charge in [0.2, 0.25) is 5.91 Å². The van der Waals surface area contributed by atoms with Gasteiger partial charge in [-0.3, -0.25) is 14.4 Å². The van der Waals surface area contributed by atoms with Crippen LogP contribution in [0.5, 0.6) is 5.75 Å². The van der Waals surface area contributed by atoms with E-state index in [-0.39, 0.29) is 24.3 Å². The van der Waals surface area contributed by atoms with Crippen molar-refractivity contribution in [3.8, 4) is 28.3 Å². The molecule has 1 heterocycles. The van der Waals surface area contributed by atoms with E-state index in [2.05, 4.69) is 48.3 Å². The van der Waals surface area contributed by atoms with Gasteiger partial charge in [0.05, 0.1) is 6.61 Å². The third-order valence-electron chi connectivity index (χ3n) is 8.47. The normalized spacial score (nSPS) is 12.1. The predicted octanol–water partition coefficient (Wildman–Crippen LogP) is 8.26. The van der Waals surface area contributed by atoms with Crippen molar-refractivity contribution in [2.24, 2.45) is 0 Å². The minimum atomic E-state index is -0.943. The summed E-state index contributed by atoms with van der Waals surface area (Å²) in [5.74, 6) is -0.0157. The van der Waals surface area contributed by atoms with Gasteiger partial charge in [0.1, 0.15) is 23.9 Å². The van der Waals surface area contributed by atoms with Gasteiger partial charge in [-0.1, -0.05) is 102 Å². The molecule has 0 aliphatic heterocycles. The summed E-state index contributed by atoms with van der Waals surface area (Å²) in [6.07, 6.45) is 9.82. The van der Waals surface area contributed by atoms with E-state index in [0.29, 0.717) is 11.4 Å². The fraction of sp³-hybridized carbons (Fsp3) is 0.419. The van der Waals surface area contributed by atoms with Crippen molar-refractivity contribution in [2.75, 3.05) is 13.2 Å². The highest BCUT2D eigenvalue weighted by atomic mass is 16.6. The summed E-state index contributed by atoms with van der Waals surface area (Å²) in [5, 5.41) is 5.50. The Hall–Kier alpha value is -5.05. The summed E-state index contributed by atoms with van der Waals surface area (Å²) >= 11 is 0. The number of nitrogens with one attached hydrogen (secondary N) is 2. The van der Waals surface area contributed by atoms with Crippen molar-refractivity contribution in [3.05, 3.63) is 102 Å². The summed E-state index contributed by atoms with van der Waals surface area (Å²) in [5.41, 5.74) is 4.30. The van der Waals surface area contributed by atoms with Crippen LogP contribution < -0.4 is 15.4 Å². The Morgan fingerprint density at radius 2 is 1.35 bits per heavy atom. The monoisotopic (exact) mass is 706 g/mol. The highest BCUT2D eigenvalue weighted by molar-refractivity contribution is 5.98. The summed E-state index contributed by atoms with van der Waals surface area (Å²) in [6, 6.07) is 21.9. The number of carbonyl (C=O) groups excluding carboxylic acids is 3. The van der Waals surface area contributed by atoms with Crippen LogP contribution in [0.3, 0.4) is 0 Å². The molecular weight excluding hydrogens is 652 g/mol. The van der Waals surface area contributed by atoms with E-state index in [1.54, 1.807) is 45.3 Å². The number of nitrogens with zero attached hydrogens (tertiary/aromatic N) is 2. The zero-order chi connectivity index (χ0) is 37.7. The lowest BCUT2D eigenvalue weighted by Crippen LogP contribution is -2.49. The number of rotatable bonds is 16. The van der Waals surface area contributed by atoms with Crippen LogP contribution in [0.25, 0.3) is 22.5 Å². The van der Waals surface area contributed by atoms with E-state index < -0.39 is 23.5 Å². The van der Waals surface area contributed by atoms with Gasteiger partial charge in [0.15, 0.2) is 5.82 Å². The fourth-order valence-electron chi connectivity index (χ4n) is 5.52. The molecule has 0 saturated heterocycles. The van der Waals surface area contributed by atoms with E-state index in [1.807, 2.05) is 60.7 Å². The molecule has 0 aliphatic rings. The Kier molecular flexibility index (Phi) is 14.1. The van der Waals surface area contributed by atoms with Gasteiger partial charge in [0.25, 0.3) is 5.91 Å². The molecule has 9 heteroatoms.